The summed E-state index contributed by atoms with van der Waals surface area (Å²) in [6.07, 6.45) is 3.46. The van der Waals surface area contributed by atoms with Crippen molar-refractivity contribution in [2.24, 2.45) is 5.92 Å². The number of ether oxygens (including phenoxy) is 2. The van der Waals surface area contributed by atoms with Gasteiger partial charge < -0.3 is 9.47 Å². The van der Waals surface area contributed by atoms with Gasteiger partial charge in [0.05, 0.1) is 22.9 Å². The molecule has 2 fully saturated rings. The van der Waals surface area contributed by atoms with Gasteiger partial charge in [0, 0.05) is 25.6 Å². The predicted molar refractivity (Wildman–Crippen MR) is 89.1 cm³/mol. The third kappa shape index (κ3) is 4.03. The van der Waals surface area contributed by atoms with Crippen LogP contribution in [0.5, 0.6) is 0 Å². The molecule has 0 spiro atoms. The molecular weight excluding hydrogens is 312 g/mol. The van der Waals surface area contributed by atoms with Gasteiger partial charge in [0.2, 0.25) is 0 Å². The van der Waals surface area contributed by atoms with Gasteiger partial charge in [0.25, 0.3) is 0 Å². The molecule has 2 aliphatic heterocycles. The maximum absolute atomic E-state index is 12.6. The van der Waals surface area contributed by atoms with E-state index in [1.165, 1.54) is 0 Å². The van der Waals surface area contributed by atoms with Crippen molar-refractivity contribution in [3.8, 4) is 0 Å². The Bertz CT molecular complexity index is 638. The maximum atomic E-state index is 12.6. The average Bonchev–Trinajstić information content (AvgIpc) is 2.97. The van der Waals surface area contributed by atoms with Crippen molar-refractivity contribution in [1.82, 2.24) is 0 Å². The van der Waals surface area contributed by atoms with Crippen LogP contribution in [0.25, 0.3) is 0 Å². The smallest absolute Gasteiger partial charge is 0.178 e. The highest BCUT2D eigenvalue weighted by Crippen LogP contribution is 2.31. The van der Waals surface area contributed by atoms with Gasteiger partial charge in [-0.25, -0.2) is 8.42 Å². The quantitative estimate of drug-likeness (QED) is 0.776. The minimum atomic E-state index is -3.27. The fourth-order valence-electron chi connectivity index (χ4n) is 3.40. The summed E-state index contributed by atoms with van der Waals surface area (Å²) < 4.78 is 36.8. The van der Waals surface area contributed by atoms with Crippen LogP contribution >= 0.6 is 0 Å². The monoisotopic (exact) mass is 336 g/mol. The lowest BCUT2D eigenvalue weighted by Crippen LogP contribution is -2.31. The molecule has 0 bridgehead atoms. The lowest BCUT2D eigenvalue weighted by atomic mass is 9.93. The molecule has 23 heavy (non-hydrogen) atoms. The Hall–Kier alpha value is -1.17. The Labute approximate surface area is 138 Å². The summed E-state index contributed by atoms with van der Waals surface area (Å²) in [4.78, 5) is 0.393. The van der Waals surface area contributed by atoms with E-state index in [-0.39, 0.29) is 23.9 Å². The van der Waals surface area contributed by atoms with Crippen molar-refractivity contribution in [1.29, 1.82) is 0 Å². The Balaban J connectivity index is 1.66. The van der Waals surface area contributed by atoms with Crippen LogP contribution in [0.15, 0.2) is 47.4 Å². The third-order valence-corrected chi connectivity index (χ3v) is 6.60. The number of hydrogen-bond donors (Lipinski definition) is 0. The minimum absolute atomic E-state index is 0.00813. The van der Waals surface area contributed by atoms with Crippen LogP contribution in [0.2, 0.25) is 0 Å². The Morgan fingerprint density at radius 1 is 1.13 bits per heavy atom. The normalized spacial score (nSPS) is 28.9. The van der Waals surface area contributed by atoms with Gasteiger partial charge in [-0.3, -0.25) is 0 Å². The van der Waals surface area contributed by atoms with E-state index in [0.29, 0.717) is 17.9 Å². The molecule has 0 radical (unpaired) electrons. The van der Waals surface area contributed by atoms with Crippen LogP contribution < -0.4 is 0 Å². The summed E-state index contributed by atoms with van der Waals surface area (Å²) in [5.41, 5.74) is 1.11. The van der Waals surface area contributed by atoms with Crippen LogP contribution in [-0.4, -0.2) is 39.6 Å². The second-order valence-corrected chi connectivity index (χ2v) is 8.44. The molecule has 1 aromatic carbocycles. The van der Waals surface area contributed by atoms with E-state index < -0.39 is 9.84 Å². The fraction of sp³-hybridized carbons (Fsp3) is 0.556. The lowest BCUT2D eigenvalue weighted by molar-refractivity contribution is -0.000326. The van der Waals surface area contributed by atoms with Crippen molar-refractivity contribution < 1.29 is 17.9 Å². The molecule has 5 heteroatoms. The molecule has 0 aromatic heterocycles. The van der Waals surface area contributed by atoms with E-state index in [1.54, 1.807) is 24.3 Å². The topological polar surface area (TPSA) is 52.6 Å². The second-order valence-electron chi connectivity index (χ2n) is 6.41. The molecule has 0 amide bonds. The van der Waals surface area contributed by atoms with Gasteiger partial charge in [0.1, 0.15) is 0 Å². The van der Waals surface area contributed by atoms with Crippen LogP contribution in [-0.2, 0) is 19.3 Å². The van der Waals surface area contributed by atoms with Crippen LogP contribution in [0.4, 0.5) is 0 Å². The molecule has 0 N–H and O–H groups in total. The van der Waals surface area contributed by atoms with Gasteiger partial charge >= 0.3 is 0 Å². The minimum Gasteiger partial charge on any atom is -0.378 e. The van der Waals surface area contributed by atoms with E-state index >= 15 is 0 Å². The number of benzene rings is 1. The highest BCUT2D eigenvalue weighted by Gasteiger charge is 2.35. The van der Waals surface area contributed by atoms with Gasteiger partial charge in [0.15, 0.2) is 9.84 Å². The third-order valence-electron chi connectivity index (χ3n) is 4.75. The first-order valence-corrected chi connectivity index (χ1v) is 9.90. The first kappa shape index (κ1) is 16.7. The molecule has 2 heterocycles. The lowest BCUT2D eigenvalue weighted by Gasteiger charge is -2.29. The molecule has 0 aliphatic carbocycles. The van der Waals surface area contributed by atoms with E-state index in [1.807, 2.05) is 6.07 Å². The number of sulfone groups is 1. The molecule has 1 unspecified atom stereocenters. The van der Waals surface area contributed by atoms with Gasteiger partial charge in [-0.15, -0.1) is 0 Å². The highest BCUT2D eigenvalue weighted by molar-refractivity contribution is 7.91. The molecular formula is C18H24O4S. The van der Waals surface area contributed by atoms with E-state index in [9.17, 15) is 8.42 Å². The molecule has 126 valence electrons. The van der Waals surface area contributed by atoms with Gasteiger partial charge in [-0.1, -0.05) is 24.8 Å². The highest BCUT2D eigenvalue weighted by atomic mass is 32.2. The van der Waals surface area contributed by atoms with Crippen molar-refractivity contribution >= 4 is 9.84 Å². The zero-order chi connectivity index (χ0) is 16.3. The molecule has 3 atom stereocenters. The van der Waals surface area contributed by atoms with Crippen LogP contribution in [0, 0.1) is 5.92 Å². The molecule has 3 rings (SSSR count). The summed E-state index contributed by atoms with van der Waals surface area (Å²) in [5, 5.41) is 0. The van der Waals surface area contributed by atoms with Crippen LogP contribution in [0.3, 0.4) is 0 Å². The standard InChI is InChI=1S/C18H24O4S/c1-14-6-5-10-21-17(14)12-18-15(9-11-22-18)13-23(19,20)16-7-3-2-4-8-16/h2-4,7-8,15,17-18H,1,5-6,9-13H2/t15-,17?,18-/m0/s1. The van der Waals surface area contributed by atoms with Gasteiger partial charge in [-0.2, -0.15) is 0 Å². The zero-order valence-electron chi connectivity index (χ0n) is 13.3. The summed E-state index contributed by atoms with van der Waals surface area (Å²) in [5.74, 6) is 0.166. The average molecular weight is 336 g/mol. The Kier molecular flexibility index (Phi) is 5.19. The summed E-state index contributed by atoms with van der Waals surface area (Å²) >= 11 is 0. The second kappa shape index (κ2) is 7.16. The molecule has 1 aromatic rings. The molecule has 4 nitrogen and oxygen atoms in total. The van der Waals surface area contributed by atoms with E-state index in [4.69, 9.17) is 9.47 Å². The summed E-state index contributed by atoms with van der Waals surface area (Å²) in [6, 6.07) is 8.66. The Morgan fingerprint density at radius 3 is 2.65 bits per heavy atom. The first-order chi connectivity index (χ1) is 11.1. The fourth-order valence-corrected chi connectivity index (χ4v) is 5.11. The van der Waals surface area contributed by atoms with Crippen molar-refractivity contribution in [3.05, 3.63) is 42.5 Å². The van der Waals surface area contributed by atoms with Crippen LogP contribution in [0.1, 0.15) is 25.7 Å². The largest absolute Gasteiger partial charge is 0.378 e. The Morgan fingerprint density at radius 2 is 1.91 bits per heavy atom. The van der Waals surface area contributed by atoms with Gasteiger partial charge in [-0.05, 0) is 37.0 Å². The van der Waals surface area contributed by atoms with E-state index in [0.717, 1.165) is 31.4 Å². The zero-order valence-corrected chi connectivity index (χ0v) is 14.1. The predicted octanol–water partition coefficient (Wildman–Crippen LogP) is 2.99. The van der Waals surface area contributed by atoms with Crippen molar-refractivity contribution in [2.75, 3.05) is 19.0 Å². The number of hydrogen-bond acceptors (Lipinski definition) is 4. The SMILES string of the molecule is C=C1CCCOC1C[C@@H]1OCC[C@H]1CS(=O)(=O)c1ccccc1. The first-order valence-electron chi connectivity index (χ1n) is 8.25. The molecule has 2 saturated heterocycles. The maximum Gasteiger partial charge on any atom is 0.178 e. The summed E-state index contributed by atoms with van der Waals surface area (Å²) in [7, 11) is -3.27. The van der Waals surface area contributed by atoms with Crippen molar-refractivity contribution in [3.63, 3.8) is 0 Å². The summed E-state index contributed by atoms with van der Waals surface area (Å²) in [6.45, 7) is 5.46. The molecule has 0 saturated carbocycles. The molecule has 2 aliphatic rings. The van der Waals surface area contributed by atoms with Crippen molar-refractivity contribution in [2.45, 2.75) is 42.8 Å². The number of rotatable bonds is 5. The van der Waals surface area contributed by atoms with E-state index in [2.05, 4.69) is 6.58 Å².